The molecule has 0 aliphatic heterocycles. The van der Waals surface area contributed by atoms with E-state index in [-0.39, 0.29) is 0 Å². The van der Waals surface area contributed by atoms with Crippen molar-refractivity contribution in [1.82, 2.24) is 5.32 Å². The number of rotatable bonds is 8. The summed E-state index contributed by atoms with van der Waals surface area (Å²) in [6, 6.07) is 0.486. The van der Waals surface area contributed by atoms with E-state index in [1.807, 2.05) is 0 Å². The summed E-state index contributed by atoms with van der Waals surface area (Å²) in [7, 11) is 1.77. The summed E-state index contributed by atoms with van der Waals surface area (Å²) in [6.45, 7) is 5.96. The maximum Gasteiger partial charge on any atom is 0.0897 e. The van der Waals surface area contributed by atoms with Gasteiger partial charge in [-0.1, -0.05) is 13.8 Å². The molecule has 0 amide bonds. The van der Waals surface area contributed by atoms with Crippen molar-refractivity contribution >= 4 is 0 Å². The molecule has 3 unspecified atom stereocenters. The smallest absolute Gasteiger partial charge is 0.0897 e. The van der Waals surface area contributed by atoms with Crippen LogP contribution in [0.25, 0.3) is 0 Å². The third kappa shape index (κ3) is 6.36. The first-order valence-electron chi connectivity index (χ1n) is 6.63. The maximum atomic E-state index is 9.73. The van der Waals surface area contributed by atoms with E-state index in [2.05, 4.69) is 19.2 Å². The second-order valence-corrected chi connectivity index (χ2v) is 5.36. The van der Waals surface area contributed by atoms with E-state index in [0.717, 1.165) is 19.3 Å². The number of hydrogen-bond donors (Lipinski definition) is 2. The molecule has 0 radical (unpaired) electrons. The lowest BCUT2D eigenvalue weighted by Crippen LogP contribution is -2.36. The van der Waals surface area contributed by atoms with Crippen molar-refractivity contribution in [1.29, 1.82) is 0 Å². The van der Waals surface area contributed by atoms with E-state index in [9.17, 15) is 5.11 Å². The monoisotopic (exact) mass is 245 g/mol. The zero-order chi connectivity index (χ0) is 12.7. The SMILES string of the molecule is COC1CCC(NCC(O)COCC(C)C)C1. The van der Waals surface area contributed by atoms with Crippen molar-refractivity contribution in [3.8, 4) is 0 Å². The molecule has 0 spiro atoms. The quantitative estimate of drug-likeness (QED) is 0.674. The highest BCUT2D eigenvalue weighted by Crippen LogP contribution is 2.21. The molecule has 1 saturated carbocycles. The molecule has 0 saturated heterocycles. The van der Waals surface area contributed by atoms with Crippen LogP contribution in [0.2, 0.25) is 0 Å². The standard InChI is InChI=1S/C13H27NO3/c1-10(2)8-17-9-12(15)7-14-11-4-5-13(6-11)16-3/h10-15H,4-9H2,1-3H3. The Morgan fingerprint density at radius 1 is 1.29 bits per heavy atom. The molecule has 0 aromatic heterocycles. The lowest BCUT2D eigenvalue weighted by Gasteiger charge is -2.17. The number of hydrogen-bond acceptors (Lipinski definition) is 4. The van der Waals surface area contributed by atoms with Crippen LogP contribution in [0, 0.1) is 5.92 Å². The van der Waals surface area contributed by atoms with Gasteiger partial charge < -0.3 is 19.9 Å². The van der Waals surface area contributed by atoms with Gasteiger partial charge in [-0.3, -0.25) is 0 Å². The highest BCUT2D eigenvalue weighted by atomic mass is 16.5. The minimum atomic E-state index is -0.407. The lowest BCUT2D eigenvalue weighted by molar-refractivity contribution is 0.0247. The van der Waals surface area contributed by atoms with Gasteiger partial charge in [-0.25, -0.2) is 0 Å². The largest absolute Gasteiger partial charge is 0.389 e. The number of ether oxygens (including phenoxy) is 2. The van der Waals surface area contributed by atoms with Crippen LogP contribution in [0.5, 0.6) is 0 Å². The first-order valence-corrected chi connectivity index (χ1v) is 6.63. The van der Waals surface area contributed by atoms with Gasteiger partial charge in [0.1, 0.15) is 0 Å². The summed E-state index contributed by atoms with van der Waals surface area (Å²) in [6.07, 6.45) is 3.29. The molecule has 0 heterocycles. The summed E-state index contributed by atoms with van der Waals surface area (Å²) in [4.78, 5) is 0. The molecule has 1 rings (SSSR count). The van der Waals surface area contributed by atoms with Crippen LogP contribution in [-0.2, 0) is 9.47 Å². The van der Waals surface area contributed by atoms with Gasteiger partial charge in [0.2, 0.25) is 0 Å². The Morgan fingerprint density at radius 2 is 2.06 bits per heavy atom. The minimum absolute atomic E-state index is 0.391. The van der Waals surface area contributed by atoms with Crippen LogP contribution < -0.4 is 5.32 Å². The third-order valence-corrected chi connectivity index (χ3v) is 3.12. The zero-order valence-corrected chi connectivity index (χ0v) is 11.3. The summed E-state index contributed by atoms with van der Waals surface area (Å²) < 4.78 is 10.7. The molecule has 1 fully saturated rings. The van der Waals surface area contributed by atoms with Crippen LogP contribution in [0.4, 0.5) is 0 Å². The second kappa shape index (κ2) is 8.03. The van der Waals surface area contributed by atoms with Crippen molar-refractivity contribution in [2.75, 3.05) is 26.9 Å². The Bertz CT molecular complexity index is 199. The van der Waals surface area contributed by atoms with Gasteiger partial charge in [0, 0.05) is 26.3 Å². The normalized spacial score (nSPS) is 26.6. The summed E-state index contributed by atoms with van der Waals surface area (Å²) in [5, 5.41) is 13.1. The second-order valence-electron chi connectivity index (χ2n) is 5.36. The molecule has 0 bridgehead atoms. The van der Waals surface area contributed by atoms with Gasteiger partial charge in [0.25, 0.3) is 0 Å². The molecule has 4 heteroatoms. The van der Waals surface area contributed by atoms with Gasteiger partial charge in [-0.05, 0) is 25.2 Å². The Hall–Kier alpha value is -0.160. The van der Waals surface area contributed by atoms with Crippen molar-refractivity contribution in [3.63, 3.8) is 0 Å². The minimum Gasteiger partial charge on any atom is -0.389 e. The predicted molar refractivity (Wildman–Crippen MR) is 68.1 cm³/mol. The summed E-state index contributed by atoms with van der Waals surface area (Å²) >= 11 is 0. The lowest BCUT2D eigenvalue weighted by atomic mass is 10.2. The highest BCUT2D eigenvalue weighted by molar-refractivity contribution is 4.81. The molecule has 3 atom stereocenters. The Kier molecular flexibility index (Phi) is 7.04. The number of nitrogens with one attached hydrogen (secondary N) is 1. The Labute approximate surface area is 105 Å². The molecule has 102 valence electrons. The zero-order valence-electron chi connectivity index (χ0n) is 11.3. The number of methoxy groups -OCH3 is 1. The fraction of sp³-hybridized carbons (Fsp3) is 1.00. The van der Waals surface area contributed by atoms with Gasteiger partial charge in [0.15, 0.2) is 0 Å². The first kappa shape index (κ1) is 14.9. The molecular weight excluding hydrogens is 218 g/mol. The predicted octanol–water partition coefficient (Wildman–Crippen LogP) is 1.18. The Morgan fingerprint density at radius 3 is 2.65 bits per heavy atom. The molecule has 0 aromatic carbocycles. The summed E-state index contributed by atoms with van der Waals surface area (Å²) in [5.74, 6) is 0.521. The van der Waals surface area contributed by atoms with Crippen molar-refractivity contribution < 1.29 is 14.6 Å². The number of aliphatic hydroxyl groups is 1. The number of aliphatic hydroxyl groups excluding tert-OH is 1. The molecule has 1 aliphatic rings. The molecular formula is C13H27NO3. The van der Waals surface area contributed by atoms with Gasteiger partial charge in [-0.15, -0.1) is 0 Å². The third-order valence-electron chi connectivity index (χ3n) is 3.12. The molecule has 0 aromatic rings. The first-order chi connectivity index (χ1) is 8.11. The van der Waals surface area contributed by atoms with Crippen molar-refractivity contribution in [3.05, 3.63) is 0 Å². The topological polar surface area (TPSA) is 50.7 Å². The molecule has 2 N–H and O–H groups in total. The van der Waals surface area contributed by atoms with Crippen molar-refractivity contribution in [2.24, 2.45) is 5.92 Å². The van der Waals surface area contributed by atoms with Crippen LogP contribution >= 0.6 is 0 Å². The van der Waals surface area contributed by atoms with Gasteiger partial charge >= 0.3 is 0 Å². The summed E-state index contributed by atoms with van der Waals surface area (Å²) in [5.41, 5.74) is 0. The van der Waals surface area contributed by atoms with E-state index in [0.29, 0.717) is 37.8 Å². The van der Waals surface area contributed by atoms with Crippen LogP contribution in [0.3, 0.4) is 0 Å². The van der Waals surface area contributed by atoms with E-state index < -0.39 is 6.10 Å². The fourth-order valence-corrected chi connectivity index (χ4v) is 2.14. The van der Waals surface area contributed by atoms with Crippen LogP contribution in [0.15, 0.2) is 0 Å². The van der Waals surface area contributed by atoms with Gasteiger partial charge in [0.05, 0.1) is 18.8 Å². The maximum absolute atomic E-state index is 9.73. The average molecular weight is 245 g/mol. The van der Waals surface area contributed by atoms with E-state index in [4.69, 9.17) is 9.47 Å². The highest BCUT2D eigenvalue weighted by Gasteiger charge is 2.24. The van der Waals surface area contributed by atoms with Crippen LogP contribution in [0.1, 0.15) is 33.1 Å². The fourth-order valence-electron chi connectivity index (χ4n) is 2.14. The Balaban J connectivity index is 2.02. The molecule has 17 heavy (non-hydrogen) atoms. The van der Waals surface area contributed by atoms with Crippen molar-refractivity contribution in [2.45, 2.75) is 51.4 Å². The van der Waals surface area contributed by atoms with Crippen LogP contribution in [-0.4, -0.2) is 50.2 Å². The molecule has 1 aliphatic carbocycles. The molecule has 4 nitrogen and oxygen atoms in total. The average Bonchev–Trinajstić information content (AvgIpc) is 2.73. The van der Waals surface area contributed by atoms with E-state index in [1.54, 1.807) is 7.11 Å². The van der Waals surface area contributed by atoms with E-state index >= 15 is 0 Å². The van der Waals surface area contributed by atoms with E-state index in [1.165, 1.54) is 0 Å². The van der Waals surface area contributed by atoms with Gasteiger partial charge in [-0.2, -0.15) is 0 Å².